The van der Waals surface area contributed by atoms with Crippen molar-refractivity contribution < 1.29 is 0 Å². The van der Waals surface area contributed by atoms with Gasteiger partial charge in [0.25, 0.3) is 0 Å². The van der Waals surface area contributed by atoms with Crippen molar-refractivity contribution in [3.05, 3.63) is 47.5 Å². The first-order chi connectivity index (χ1) is 5.75. The minimum Gasteiger partial charge on any atom is -0.113 e. The zero-order valence-electron chi connectivity index (χ0n) is 7.42. The van der Waals surface area contributed by atoms with E-state index in [0.29, 0.717) is 0 Å². The van der Waals surface area contributed by atoms with Crippen molar-refractivity contribution in [3.8, 4) is 0 Å². The smallest absolute Gasteiger partial charge is 0.0792 e. The van der Waals surface area contributed by atoms with Gasteiger partial charge in [0.1, 0.15) is 0 Å². The van der Waals surface area contributed by atoms with Crippen molar-refractivity contribution in [3.63, 3.8) is 0 Å². The van der Waals surface area contributed by atoms with Crippen LogP contribution >= 0.6 is 11.6 Å². The van der Waals surface area contributed by atoms with E-state index in [1.165, 1.54) is 5.57 Å². The number of alkyl halides is 1. The Balaban J connectivity index is 2.86. The Morgan fingerprint density at radius 3 is 2.42 bits per heavy atom. The van der Waals surface area contributed by atoms with Crippen LogP contribution in [0.4, 0.5) is 0 Å². The van der Waals surface area contributed by atoms with Crippen LogP contribution in [0.25, 0.3) is 0 Å². The average Bonchev–Trinajstić information content (AvgIpc) is 2.17. The lowest BCUT2D eigenvalue weighted by atomic mass is 10.1. The summed E-state index contributed by atoms with van der Waals surface area (Å²) in [6.45, 7) is 4.05. The van der Waals surface area contributed by atoms with E-state index >= 15 is 0 Å². The molecule has 0 aliphatic carbocycles. The van der Waals surface area contributed by atoms with E-state index in [0.717, 1.165) is 5.56 Å². The molecule has 1 heteroatoms. The van der Waals surface area contributed by atoms with Gasteiger partial charge in [-0.25, -0.2) is 0 Å². The molecule has 0 nitrogen and oxygen atoms in total. The van der Waals surface area contributed by atoms with Crippen LogP contribution < -0.4 is 0 Å². The summed E-state index contributed by atoms with van der Waals surface area (Å²) in [6, 6.07) is 10.1. The van der Waals surface area contributed by atoms with Gasteiger partial charge in [-0.15, -0.1) is 11.6 Å². The molecule has 0 radical (unpaired) electrons. The van der Waals surface area contributed by atoms with Gasteiger partial charge in [0.05, 0.1) is 5.38 Å². The third-order valence-electron chi connectivity index (χ3n) is 1.95. The SMILES string of the molecule is C/C=C(\C)C(Cl)c1ccccc1. The van der Waals surface area contributed by atoms with Gasteiger partial charge in [-0.2, -0.15) is 0 Å². The molecule has 1 aromatic carbocycles. The van der Waals surface area contributed by atoms with E-state index in [-0.39, 0.29) is 5.38 Å². The van der Waals surface area contributed by atoms with E-state index in [1.54, 1.807) is 0 Å². The minimum absolute atomic E-state index is 0.0243. The Kier molecular flexibility index (Phi) is 3.36. The Bertz CT molecular complexity index is 262. The maximum absolute atomic E-state index is 6.19. The first kappa shape index (κ1) is 9.34. The fourth-order valence-corrected chi connectivity index (χ4v) is 1.30. The highest BCUT2D eigenvalue weighted by molar-refractivity contribution is 6.22. The summed E-state index contributed by atoms with van der Waals surface area (Å²) in [5.74, 6) is 0. The summed E-state index contributed by atoms with van der Waals surface area (Å²) in [5, 5.41) is 0.0243. The Morgan fingerprint density at radius 2 is 1.92 bits per heavy atom. The molecule has 1 rings (SSSR count). The molecule has 0 amide bonds. The molecule has 0 aliphatic heterocycles. The molecule has 0 N–H and O–H groups in total. The van der Waals surface area contributed by atoms with Gasteiger partial charge in [-0.1, -0.05) is 42.0 Å². The highest BCUT2D eigenvalue weighted by Crippen LogP contribution is 2.27. The topological polar surface area (TPSA) is 0 Å². The van der Waals surface area contributed by atoms with Crippen LogP contribution in [0.2, 0.25) is 0 Å². The number of hydrogen-bond donors (Lipinski definition) is 0. The molecular weight excluding hydrogens is 168 g/mol. The third kappa shape index (κ3) is 2.12. The molecule has 0 saturated heterocycles. The maximum atomic E-state index is 6.19. The van der Waals surface area contributed by atoms with Crippen molar-refractivity contribution in [1.29, 1.82) is 0 Å². The molecule has 0 saturated carbocycles. The minimum atomic E-state index is 0.0243. The molecule has 0 aliphatic rings. The summed E-state index contributed by atoms with van der Waals surface area (Å²) in [7, 11) is 0. The van der Waals surface area contributed by atoms with E-state index in [1.807, 2.05) is 50.3 Å². The second-order valence-corrected chi connectivity index (χ2v) is 3.24. The fourth-order valence-electron chi connectivity index (χ4n) is 1.03. The molecule has 0 spiro atoms. The van der Waals surface area contributed by atoms with E-state index < -0.39 is 0 Å². The zero-order chi connectivity index (χ0) is 8.97. The Hall–Kier alpha value is -0.750. The predicted molar refractivity (Wildman–Crippen MR) is 54.5 cm³/mol. The van der Waals surface area contributed by atoms with Crippen molar-refractivity contribution in [2.75, 3.05) is 0 Å². The molecule has 1 aromatic rings. The number of hydrogen-bond acceptors (Lipinski definition) is 0. The normalized spacial score (nSPS) is 14.4. The van der Waals surface area contributed by atoms with Crippen LogP contribution in [-0.4, -0.2) is 0 Å². The average molecular weight is 181 g/mol. The lowest BCUT2D eigenvalue weighted by Crippen LogP contribution is -1.90. The van der Waals surface area contributed by atoms with Gasteiger partial charge in [-0.05, 0) is 19.4 Å². The van der Waals surface area contributed by atoms with Crippen LogP contribution in [-0.2, 0) is 0 Å². The van der Waals surface area contributed by atoms with Gasteiger partial charge in [0.15, 0.2) is 0 Å². The van der Waals surface area contributed by atoms with Gasteiger partial charge in [-0.3, -0.25) is 0 Å². The summed E-state index contributed by atoms with van der Waals surface area (Å²) in [4.78, 5) is 0. The largest absolute Gasteiger partial charge is 0.113 e. The van der Waals surface area contributed by atoms with Gasteiger partial charge in [0.2, 0.25) is 0 Å². The second kappa shape index (κ2) is 4.32. The number of rotatable bonds is 2. The molecule has 12 heavy (non-hydrogen) atoms. The molecule has 0 heterocycles. The monoisotopic (exact) mass is 180 g/mol. The van der Waals surface area contributed by atoms with E-state index in [4.69, 9.17) is 11.6 Å². The lowest BCUT2D eigenvalue weighted by molar-refractivity contribution is 1.09. The Morgan fingerprint density at radius 1 is 1.33 bits per heavy atom. The van der Waals surface area contributed by atoms with Gasteiger partial charge in [0, 0.05) is 0 Å². The number of halogens is 1. The highest BCUT2D eigenvalue weighted by Gasteiger charge is 2.07. The van der Waals surface area contributed by atoms with Crippen molar-refractivity contribution in [1.82, 2.24) is 0 Å². The molecule has 0 aromatic heterocycles. The van der Waals surface area contributed by atoms with Crippen molar-refractivity contribution in [2.24, 2.45) is 0 Å². The molecular formula is C11H13Cl. The lowest BCUT2D eigenvalue weighted by Gasteiger charge is -2.09. The second-order valence-electron chi connectivity index (χ2n) is 2.81. The van der Waals surface area contributed by atoms with Crippen LogP contribution in [0.5, 0.6) is 0 Å². The van der Waals surface area contributed by atoms with Gasteiger partial charge < -0.3 is 0 Å². The first-order valence-electron chi connectivity index (χ1n) is 4.07. The predicted octanol–water partition coefficient (Wildman–Crippen LogP) is 3.93. The van der Waals surface area contributed by atoms with Crippen LogP contribution in [0.3, 0.4) is 0 Å². The fraction of sp³-hybridized carbons (Fsp3) is 0.273. The molecule has 1 unspecified atom stereocenters. The number of allylic oxidation sites excluding steroid dienone is 2. The zero-order valence-corrected chi connectivity index (χ0v) is 8.18. The molecule has 0 bridgehead atoms. The number of benzene rings is 1. The van der Waals surface area contributed by atoms with Gasteiger partial charge >= 0.3 is 0 Å². The van der Waals surface area contributed by atoms with E-state index in [2.05, 4.69) is 0 Å². The first-order valence-corrected chi connectivity index (χ1v) is 4.51. The standard InChI is InChI=1S/C11H13Cl/c1-3-9(2)11(12)10-7-5-4-6-8-10/h3-8,11H,1-2H3/b9-3+. The van der Waals surface area contributed by atoms with Crippen molar-refractivity contribution in [2.45, 2.75) is 19.2 Å². The quantitative estimate of drug-likeness (QED) is 0.478. The molecule has 0 fully saturated rings. The summed E-state index contributed by atoms with van der Waals surface area (Å²) >= 11 is 6.19. The summed E-state index contributed by atoms with van der Waals surface area (Å²) in [6.07, 6.45) is 2.05. The van der Waals surface area contributed by atoms with Crippen LogP contribution in [0.15, 0.2) is 42.0 Å². The van der Waals surface area contributed by atoms with Crippen molar-refractivity contribution >= 4 is 11.6 Å². The summed E-state index contributed by atoms with van der Waals surface area (Å²) in [5.41, 5.74) is 2.36. The third-order valence-corrected chi connectivity index (χ3v) is 2.54. The van der Waals surface area contributed by atoms with Crippen LogP contribution in [0, 0.1) is 0 Å². The molecule has 1 atom stereocenters. The molecule has 64 valence electrons. The van der Waals surface area contributed by atoms with Crippen LogP contribution in [0.1, 0.15) is 24.8 Å². The highest BCUT2D eigenvalue weighted by atomic mass is 35.5. The van der Waals surface area contributed by atoms with E-state index in [9.17, 15) is 0 Å². The maximum Gasteiger partial charge on any atom is 0.0792 e. The Labute approximate surface area is 78.9 Å². The summed E-state index contributed by atoms with van der Waals surface area (Å²) < 4.78 is 0.